The zero-order chi connectivity index (χ0) is 13.2. The summed E-state index contributed by atoms with van der Waals surface area (Å²) in [7, 11) is 0. The van der Waals surface area contributed by atoms with Crippen molar-refractivity contribution in [1.29, 1.82) is 0 Å². The second-order valence-electron chi connectivity index (χ2n) is 4.60. The molecule has 0 bridgehead atoms. The molecular weight excluding hydrogens is 234 g/mol. The first-order chi connectivity index (χ1) is 9.24. The zero-order valence-corrected chi connectivity index (χ0v) is 11.0. The van der Waals surface area contributed by atoms with Crippen molar-refractivity contribution in [3.05, 3.63) is 66.1 Å². The van der Waals surface area contributed by atoms with E-state index in [1.165, 1.54) is 0 Å². The van der Waals surface area contributed by atoms with E-state index >= 15 is 0 Å². The molecule has 3 aromatic rings. The molecule has 0 saturated heterocycles. The Balaban J connectivity index is 2.18. The third kappa shape index (κ3) is 2.27. The van der Waals surface area contributed by atoms with E-state index < -0.39 is 0 Å². The largest absolute Gasteiger partial charge is 0.261 e. The van der Waals surface area contributed by atoms with Crippen LogP contribution in [0.2, 0.25) is 0 Å². The van der Waals surface area contributed by atoms with Crippen molar-refractivity contribution >= 4 is 0 Å². The van der Waals surface area contributed by atoms with Gasteiger partial charge in [0.1, 0.15) is 0 Å². The van der Waals surface area contributed by atoms with Crippen molar-refractivity contribution in [1.82, 2.24) is 14.8 Å². The van der Waals surface area contributed by atoms with E-state index in [1.807, 2.05) is 55.1 Å². The van der Waals surface area contributed by atoms with Crippen molar-refractivity contribution < 1.29 is 0 Å². The molecule has 0 aliphatic rings. The highest BCUT2D eigenvalue weighted by molar-refractivity contribution is 5.62. The summed E-state index contributed by atoms with van der Waals surface area (Å²) < 4.78 is 1.97. The quantitative estimate of drug-likeness (QED) is 0.695. The lowest BCUT2D eigenvalue weighted by atomic mass is 10.1. The Bertz CT molecular complexity index is 699. The van der Waals surface area contributed by atoms with Crippen LogP contribution in [0.15, 0.2) is 54.7 Å². The summed E-state index contributed by atoms with van der Waals surface area (Å²) in [5.41, 5.74) is 5.30. The van der Waals surface area contributed by atoms with Crippen molar-refractivity contribution in [3.8, 4) is 16.9 Å². The predicted molar refractivity (Wildman–Crippen MR) is 76.3 cm³/mol. The summed E-state index contributed by atoms with van der Waals surface area (Å²) in [5.74, 6) is 0. The van der Waals surface area contributed by atoms with Crippen molar-refractivity contribution in [2.75, 3.05) is 0 Å². The molecule has 3 rings (SSSR count). The van der Waals surface area contributed by atoms with Gasteiger partial charge >= 0.3 is 0 Å². The molecule has 0 unspecified atom stereocenters. The van der Waals surface area contributed by atoms with Crippen LogP contribution in [0.1, 0.15) is 11.4 Å². The Labute approximate surface area is 112 Å². The van der Waals surface area contributed by atoms with E-state index in [0.717, 1.165) is 28.3 Å². The first kappa shape index (κ1) is 11.7. The van der Waals surface area contributed by atoms with Gasteiger partial charge in [-0.05, 0) is 32.0 Å². The third-order valence-corrected chi connectivity index (χ3v) is 3.03. The van der Waals surface area contributed by atoms with E-state index in [1.54, 1.807) is 0 Å². The fourth-order valence-corrected chi connectivity index (χ4v) is 2.17. The molecule has 2 heterocycles. The van der Waals surface area contributed by atoms with Crippen LogP contribution in [0, 0.1) is 13.8 Å². The zero-order valence-electron chi connectivity index (χ0n) is 11.0. The molecule has 0 spiro atoms. The van der Waals surface area contributed by atoms with Gasteiger partial charge in [-0.3, -0.25) is 4.98 Å². The van der Waals surface area contributed by atoms with Crippen molar-refractivity contribution in [2.24, 2.45) is 0 Å². The number of benzene rings is 1. The Morgan fingerprint density at radius 3 is 2.42 bits per heavy atom. The Morgan fingerprint density at radius 1 is 0.895 bits per heavy atom. The lowest BCUT2D eigenvalue weighted by Gasteiger charge is -2.07. The summed E-state index contributed by atoms with van der Waals surface area (Å²) in [6.07, 6.45) is 1.82. The number of pyridine rings is 1. The summed E-state index contributed by atoms with van der Waals surface area (Å²) in [4.78, 5) is 4.23. The first-order valence-corrected chi connectivity index (χ1v) is 6.29. The first-order valence-electron chi connectivity index (χ1n) is 6.29. The molecule has 0 amide bonds. The van der Waals surface area contributed by atoms with E-state index in [2.05, 4.69) is 28.3 Å². The van der Waals surface area contributed by atoms with Gasteiger partial charge in [-0.1, -0.05) is 30.3 Å². The molecular formula is C16H15N3. The maximum absolute atomic E-state index is 4.59. The van der Waals surface area contributed by atoms with Crippen LogP contribution in [0.3, 0.4) is 0 Å². The van der Waals surface area contributed by atoms with Crippen LogP contribution in [-0.4, -0.2) is 14.8 Å². The molecule has 0 saturated carbocycles. The molecule has 94 valence electrons. The SMILES string of the molecule is Cc1cc(-n2nc(C)cc2-c2ccccc2)ccn1. The van der Waals surface area contributed by atoms with E-state index in [4.69, 9.17) is 0 Å². The lowest BCUT2D eigenvalue weighted by Crippen LogP contribution is -2.00. The minimum atomic E-state index is 0.990. The van der Waals surface area contributed by atoms with Crippen LogP contribution in [0.5, 0.6) is 0 Å². The molecule has 2 aromatic heterocycles. The van der Waals surface area contributed by atoms with Gasteiger partial charge in [-0.2, -0.15) is 5.10 Å². The number of hydrogen-bond acceptors (Lipinski definition) is 2. The van der Waals surface area contributed by atoms with Gasteiger partial charge in [-0.25, -0.2) is 4.68 Å². The minimum absolute atomic E-state index is 0.990. The van der Waals surface area contributed by atoms with E-state index in [0.29, 0.717) is 0 Å². The minimum Gasteiger partial charge on any atom is -0.261 e. The van der Waals surface area contributed by atoms with Crippen LogP contribution in [0.25, 0.3) is 16.9 Å². The number of hydrogen-bond donors (Lipinski definition) is 0. The molecule has 3 heteroatoms. The van der Waals surface area contributed by atoms with E-state index in [-0.39, 0.29) is 0 Å². The fraction of sp³-hybridized carbons (Fsp3) is 0.125. The van der Waals surface area contributed by atoms with Gasteiger partial charge in [0.05, 0.1) is 17.1 Å². The second-order valence-corrected chi connectivity index (χ2v) is 4.60. The van der Waals surface area contributed by atoms with Gasteiger partial charge in [0.25, 0.3) is 0 Å². The average Bonchev–Trinajstić information content (AvgIpc) is 2.82. The van der Waals surface area contributed by atoms with Gasteiger partial charge in [0.2, 0.25) is 0 Å². The summed E-state index contributed by atoms with van der Waals surface area (Å²) >= 11 is 0. The van der Waals surface area contributed by atoms with Crippen molar-refractivity contribution in [2.45, 2.75) is 13.8 Å². The van der Waals surface area contributed by atoms with Crippen LogP contribution in [0.4, 0.5) is 0 Å². The molecule has 0 N–H and O–H groups in total. The smallest absolute Gasteiger partial charge is 0.0743 e. The molecule has 0 aliphatic heterocycles. The second kappa shape index (κ2) is 4.69. The highest BCUT2D eigenvalue weighted by atomic mass is 15.3. The summed E-state index contributed by atoms with van der Waals surface area (Å²) in [6.45, 7) is 4.00. The lowest BCUT2D eigenvalue weighted by molar-refractivity contribution is 0.864. The maximum Gasteiger partial charge on any atom is 0.0743 e. The number of aryl methyl sites for hydroxylation is 2. The molecule has 19 heavy (non-hydrogen) atoms. The van der Waals surface area contributed by atoms with Crippen LogP contribution < -0.4 is 0 Å². The monoisotopic (exact) mass is 249 g/mol. The molecule has 3 nitrogen and oxygen atoms in total. The van der Waals surface area contributed by atoms with Crippen LogP contribution in [-0.2, 0) is 0 Å². The van der Waals surface area contributed by atoms with Crippen LogP contribution >= 0.6 is 0 Å². The highest BCUT2D eigenvalue weighted by Crippen LogP contribution is 2.23. The molecule has 1 aromatic carbocycles. The molecule has 0 radical (unpaired) electrons. The van der Waals surface area contributed by atoms with E-state index in [9.17, 15) is 0 Å². The average molecular weight is 249 g/mol. The third-order valence-electron chi connectivity index (χ3n) is 3.03. The number of aromatic nitrogens is 3. The highest BCUT2D eigenvalue weighted by Gasteiger charge is 2.09. The van der Waals surface area contributed by atoms with Gasteiger partial charge in [-0.15, -0.1) is 0 Å². The summed E-state index contributed by atoms with van der Waals surface area (Å²) in [5, 5.41) is 4.59. The van der Waals surface area contributed by atoms with Gasteiger partial charge < -0.3 is 0 Å². The van der Waals surface area contributed by atoms with Gasteiger partial charge in [0, 0.05) is 17.5 Å². The maximum atomic E-state index is 4.59. The Kier molecular flexibility index (Phi) is 2.88. The molecule has 0 aliphatic carbocycles. The normalized spacial score (nSPS) is 10.6. The standard InChI is InChI=1S/C16H15N3/c1-12-10-15(8-9-17-12)19-16(11-13(2)18-19)14-6-4-3-5-7-14/h3-11H,1-2H3. The van der Waals surface area contributed by atoms with Gasteiger partial charge in [0.15, 0.2) is 0 Å². The fourth-order valence-electron chi connectivity index (χ4n) is 2.17. The molecule has 0 atom stereocenters. The summed E-state index contributed by atoms with van der Waals surface area (Å²) in [6, 6.07) is 16.4. The molecule has 0 fully saturated rings. The number of rotatable bonds is 2. The number of nitrogens with zero attached hydrogens (tertiary/aromatic N) is 3. The Hall–Kier alpha value is -2.42. The Morgan fingerprint density at radius 2 is 1.68 bits per heavy atom. The topological polar surface area (TPSA) is 30.7 Å². The predicted octanol–water partition coefficient (Wildman–Crippen LogP) is 3.55. The van der Waals surface area contributed by atoms with Crippen molar-refractivity contribution in [3.63, 3.8) is 0 Å².